The summed E-state index contributed by atoms with van der Waals surface area (Å²) < 4.78 is 0. The van der Waals surface area contributed by atoms with Crippen molar-refractivity contribution < 1.29 is 5.11 Å². The monoisotopic (exact) mass is 296 g/mol. The molecule has 0 fully saturated rings. The Labute approximate surface area is 135 Å². The Kier molecular flexibility index (Phi) is 6.51. The van der Waals surface area contributed by atoms with Crippen LogP contribution < -0.4 is 0 Å². The van der Waals surface area contributed by atoms with Gasteiger partial charge in [0.05, 0.1) is 0 Å². The van der Waals surface area contributed by atoms with E-state index in [4.69, 9.17) is 0 Å². The Bertz CT molecular complexity index is 539. The second-order valence-corrected chi connectivity index (χ2v) is 6.32. The number of hydrogen-bond donors (Lipinski definition) is 1. The highest BCUT2D eigenvalue weighted by Gasteiger charge is 2.07. The molecule has 0 aliphatic heterocycles. The fourth-order valence-corrected chi connectivity index (χ4v) is 2.87. The lowest BCUT2D eigenvalue weighted by Crippen LogP contribution is -1.98. The zero-order valence-electron chi connectivity index (χ0n) is 13.9. The molecule has 0 heterocycles. The molecule has 0 saturated heterocycles. The Morgan fingerprint density at radius 2 is 1.45 bits per heavy atom. The van der Waals surface area contributed by atoms with Crippen LogP contribution in [0.2, 0.25) is 0 Å². The van der Waals surface area contributed by atoms with Gasteiger partial charge in [0.25, 0.3) is 0 Å². The number of aromatic hydroxyl groups is 1. The average Bonchev–Trinajstić information content (AvgIpc) is 2.54. The first kappa shape index (κ1) is 16.6. The Hall–Kier alpha value is -1.76. The van der Waals surface area contributed by atoms with Crippen LogP contribution in [0, 0.1) is 0 Å². The summed E-state index contributed by atoms with van der Waals surface area (Å²) in [6.45, 7) is 4.52. The molecule has 0 bridgehead atoms. The van der Waals surface area contributed by atoms with Crippen LogP contribution in [0.3, 0.4) is 0 Å². The van der Waals surface area contributed by atoms with Crippen molar-refractivity contribution >= 4 is 0 Å². The molecule has 1 heteroatoms. The van der Waals surface area contributed by atoms with Gasteiger partial charge in [-0.15, -0.1) is 0 Å². The second kappa shape index (κ2) is 8.63. The van der Waals surface area contributed by atoms with E-state index < -0.39 is 0 Å². The molecule has 1 atom stereocenters. The van der Waals surface area contributed by atoms with E-state index in [9.17, 15) is 5.11 Å². The molecule has 2 aromatic rings. The molecule has 0 spiro atoms. The second-order valence-electron chi connectivity index (χ2n) is 6.32. The summed E-state index contributed by atoms with van der Waals surface area (Å²) in [5.41, 5.74) is 4.12. The van der Waals surface area contributed by atoms with Crippen molar-refractivity contribution in [2.45, 2.75) is 58.3 Å². The Morgan fingerprint density at radius 3 is 2.09 bits per heavy atom. The van der Waals surface area contributed by atoms with Crippen molar-refractivity contribution in [2.24, 2.45) is 0 Å². The summed E-state index contributed by atoms with van der Waals surface area (Å²) in [7, 11) is 0. The van der Waals surface area contributed by atoms with Gasteiger partial charge in [-0.3, -0.25) is 0 Å². The Balaban J connectivity index is 1.87. The van der Waals surface area contributed by atoms with Gasteiger partial charge in [-0.2, -0.15) is 0 Å². The van der Waals surface area contributed by atoms with Crippen molar-refractivity contribution in [3.05, 3.63) is 65.2 Å². The molecule has 118 valence electrons. The van der Waals surface area contributed by atoms with Crippen LogP contribution in [0.15, 0.2) is 48.5 Å². The van der Waals surface area contributed by atoms with E-state index >= 15 is 0 Å². The first-order valence-electron chi connectivity index (χ1n) is 8.55. The quantitative estimate of drug-likeness (QED) is 0.605. The van der Waals surface area contributed by atoms with E-state index in [0.29, 0.717) is 11.7 Å². The van der Waals surface area contributed by atoms with Crippen molar-refractivity contribution in [1.29, 1.82) is 0 Å². The molecule has 0 aliphatic rings. The van der Waals surface area contributed by atoms with Gasteiger partial charge in [-0.25, -0.2) is 0 Å². The van der Waals surface area contributed by atoms with E-state index in [1.807, 2.05) is 12.1 Å². The van der Waals surface area contributed by atoms with Crippen LogP contribution >= 0.6 is 0 Å². The number of hydrogen-bond acceptors (Lipinski definition) is 1. The molecule has 0 saturated carbocycles. The van der Waals surface area contributed by atoms with Crippen LogP contribution in [0.25, 0.3) is 0 Å². The van der Waals surface area contributed by atoms with Crippen molar-refractivity contribution in [3.8, 4) is 5.75 Å². The topological polar surface area (TPSA) is 20.2 Å². The summed E-state index contributed by atoms with van der Waals surface area (Å²) in [5.74, 6) is 0.836. The largest absolute Gasteiger partial charge is 0.508 e. The minimum absolute atomic E-state index is 0.337. The maximum absolute atomic E-state index is 9.34. The molecule has 0 amide bonds. The maximum Gasteiger partial charge on any atom is 0.115 e. The maximum atomic E-state index is 9.34. The Morgan fingerprint density at radius 1 is 0.818 bits per heavy atom. The van der Waals surface area contributed by atoms with Crippen LogP contribution in [0.4, 0.5) is 0 Å². The third-order valence-electron chi connectivity index (χ3n) is 4.35. The molecule has 1 nitrogen and oxygen atoms in total. The fraction of sp³-hybridized carbons (Fsp3) is 0.429. The zero-order chi connectivity index (χ0) is 15.8. The molecule has 22 heavy (non-hydrogen) atoms. The number of phenolic OH excluding ortho intramolecular Hbond substituents is 1. The normalized spacial score (nSPS) is 12.3. The predicted octanol–water partition coefficient (Wildman–Crippen LogP) is 5.86. The van der Waals surface area contributed by atoms with Crippen molar-refractivity contribution in [1.82, 2.24) is 0 Å². The molecule has 0 aliphatic carbocycles. The molecule has 2 rings (SSSR count). The predicted molar refractivity (Wildman–Crippen MR) is 94.5 cm³/mol. The third kappa shape index (κ3) is 5.22. The first-order chi connectivity index (χ1) is 10.7. The van der Waals surface area contributed by atoms with Crippen molar-refractivity contribution in [3.63, 3.8) is 0 Å². The molecule has 2 aromatic carbocycles. The van der Waals surface area contributed by atoms with Gasteiger partial charge < -0.3 is 5.11 Å². The summed E-state index contributed by atoms with van der Waals surface area (Å²) in [5, 5.41) is 9.34. The number of phenols is 1. The number of rotatable bonds is 8. The van der Waals surface area contributed by atoms with Crippen LogP contribution in [-0.4, -0.2) is 5.11 Å². The molecule has 0 radical (unpaired) electrons. The smallest absolute Gasteiger partial charge is 0.115 e. The highest BCUT2D eigenvalue weighted by atomic mass is 16.3. The van der Waals surface area contributed by atoms with Crippen molar-refractivity contribution in [2.75, 3.05) is 0 Å². The molecule has 0 aromatic heterocycles. The van der Waals surface area contributed by atoms with E-state index in [1.54, 1.807) is 12.1 Å². The van der Waals surface area contributed by atoms with Crippen LogP contribution in [0.1, 0.15) is 62.1 Å². The summed E-state index contributed by atoms with van der Waals surface area (Å²) in [6.07, 6.45) is 7.50. The molecule has 1 N–H and O–H groups in total. The number of unbranched alkanes of at least 4 members (excludes halogenated alkanes) is 3. The summed E-state index contributed by atoms with van der Waals surface area (Å²) in [6, 6.07) is 16.7. The fourth-order valence-electron chi connectivity index (χ4n) is 2.87. The molecule has 1 unspecified atom stereocenters. The number of aryl methyl sites for hydroxylation is 1. The molecular weight excluding hydrogens is 268 g/mol. The van der Waals surface area contributed by atoms with E-state index in [2.05, 4.69) is 38.1 Å². The standard InChI is InChI=1S/C21H28O/c1-3-4-5-6-7-18-8-12-20(13-9-18)17(2)16-19-10-14-21(22)15-11-19/h8-15,17,22H,3-7,16H2,1-2H3. The third-order valence-corrected chi connectivity index (χ3v) is 4.35. The van der Waals surface area contributed by atoms with Gasteiger partial charge in [0, 0.05) is 0 Å². The van der Waals surface area contributed by atoms with Gasteiger partial charge in [0.2, 0.25) is 0 Å². The van der Waals surface area contributed by atoms with E-state index in [1.165, 1.54) is 48.8 Å². The highest BCUT2D eigenvalue weighted by molar-refractivity contribution is 5.30. The van der Waals surface area contributed by atoms with Crippen LogP contribution in [0.5, 0.6) is 5.75 Å². The van der Waals surface area contributed by atoms with E-state index in [-0.39, 0.29) is 0 Å². The summed E-state index contributed by atoms with van der Waals surface area (Å²) >= 11 is 0. The molecular formula is C21H28O. The van der Waals surface area contributed by atoms with Crippen LogP contribution in [-0.2, 0) is 12.8 Å². The lowest BCUT2D eigenvalue weighted by molar-refractivity contribution is 0.475. The SMILES string of the molecule is CCCCCCc1ccc(C(C)Cc2ccc(O)cc2)cc1. The lowest BCUT2D eigenvalue weighted by Gasteiger charge is -2.13. The van der Waals surface area contributed by atoms with E-state index in [0.717, 1.165) is 6.42 Å². The average molecular weight is 296 g/mol. The summed E-state index contributed by atoms with van der Waals surface area (Å²) in [4.78, 5) is 0. The minimum Gasteiger partial charge on any atom is -0.508 e. The van der Waals surface area contributed by atoms with Gasteiger partial charge >= 0.3 is 0 Å². The highest BCUT2D eigenvalue weighted by Crippen LogP contribution is 2.22. The first-order valence-corrected chi connectivity index (χ1v) is 8.55. The lowest BCUT2D eigenvalue weighted by atomic mass is 9.92. The van der Waals surface area contributed by atoms with Gasteiger partial charge in [0.15, 0.2) is 0 Å². The minimum atomic E-state index is 0.337. The zero-order valence-corrected chi connectivity index (χ0v) is 13.9. The number of benzene rings is 2. The van der Waals surface area contributed by atoms with Gasteiger partial charge in [0.1, 0.15) is 5.75 Å². The van der Waals surface area contributed by atoms with Gasteiger partial charge in [-0.05, 0) is 54.0 Å². The van der Waals surface area contributed by atoms with Gasteiger partial charge in [-0.1, -0.05) is 69.5 Å².